The zero-order valence-electron chi connectivity index (χ0n) is 9.20. The number of nitrogens with zero attached hydrogens (tertiary/aromatic N) is 1. The molecule has 0 bridgehead atoms. The second-order valence-electron chi connectivity index (χ2n) is 4.98. The number of ether oxygens (including phenoxy) is 1. The zero-order chi connectivity index (χ0) is 10.2. The maximum Gasteiger partial charge on any atom is 0.0903 e. The van der Waals surface area contributed by atoms with Crippen molar-refractivity contribution in [3.05, 3.63) is 0 Å². The third-order valence-electron chi connectivity index (χ3n) is 3.73. The van der Waals surface area contributed by atoms with Crippen molar-refractivity contribution in [2.75, 3.05) is 20.2 Å². The van der Waals surface area contributed by atoms with E-state index in [4.69, 9.17) is 4.74 Å². The lowest BCUT2D eigenvalue weighted by Crippen LogP contribution is -2.66. The molecule has 1 saturated heterocycles. The summed E-state index contributed by atoms with van der Waals surface area (Å²) in [6, 6.07) is 0.395. The maximum absolute atomic E-state index is 9.86. The van der Waals surface area contributed by atoms with Crippen molar-refractivity contribution in [3.8, 4) is 0 Å². The summed E-state index contributed by atoms with van der Waals surface area (Å²) in [5, 5.41) is 9.86. The van der Waals surface area contributed by atoms with E-state index in [0.717, 1.165) is 25.9 Å². The zero-order valence-corrected chi connectivity index (χ0v) is 9.20. The molecule has 82 valence electrons. The number of likely N-dealkylation sites (tertiary alicyclic amines) is 1. The predicted octanol–water partition coefficient (Wildman–Crippen LogP) is 1.01. The highest BCUT2D eigenvalue weighted by Crippen LogP contribution is 2.32. The summed E-state index contributed by atoms with van der Waals surface area (Å²) >= 11 is 0. The summed E-state index contributed by atoms with van der Waals surface area (Å²) in [5.74, 6) is 0. The van der Waals surface area contributed by atoms with Gasteiger partial charge in [-0.05, 0) is 19.8 Å². The number of aliphatic hydroxyl groups excluding tert-OH is 1. The van der Waals surface area contributed by atoms with Crippen LogP contribution < -0.4 is 0 Å². The van der Waals surface area contributed by atoms with Crippen LogP contribution in [-0.4, -0.2) is 48.0 Å². The minimum absolute atomic E-state index is 0.0389. The molecule has 3 heteroatoms. The Morgan fingerprint density at radius 3 is 2.50 bits per heavy atom. The molecular formula is C11H21NO2. The Hall–Kier alpha value is -0.120. The van der Waals surface area contributed by atoms with Crippen LogP contribution in [0.5, 0.6) is 0 Å². The molecule has 0 radical (unpaired) electrons. The Morgan fingerprint density at radius 2 is 1.93 bits per heavy atom. The van der Waals surface area contributed by atoms with Gasteiger partial charge in [-0.25, -0.2) is 0 Å². The van der Waals surface area contributed by atoms with Gasteiger partial charge in [0.2, 0.25) is 0 Å². The second kappa shape index (κ2) is 3.80. The molecule has 1 heterocycles. The van der Waals surface area contributed by atoms with Gasteiger partial charge in [-0.2, -0.15) is 0 Å². The van der Waals surface area contributed by atoms with Crippen molar-refractivity contribution >= 4 is 0 Å². The minimum Gasteiger partial charge on any atom is -0.391 e. The first-order valence-electron chi connectivity index (χ1n) is 5.62. The van der Waals surface area contributed by atoms with E-state index in [1.54, 1.807) is 7.11 Å². The molecule has 2 atom stereocenters. The first-order valence-corrected chi connectivity index (χ1v) is 5.62. The molecule has 14 heavy (non-hydrogen) atoms. The monoisotopic (exact) mass is 199 g/mol. The largest absolute Gasteiger partial charge is 0.391 e. The van der Waals surface area contributed by atoms with Crippen molar-refractivity contribution in [3.63, 3.8) is 0 Å². The molecule has 0 aromatic carbocycles. The van der Waals surface area contributed by atoms with Gasteiger partial charge in [0.05, 0.1) is 11.7 Å². The second-order valence-corrected chi connectivity index (χ2v) is 4.98. The first-order chi connectivity index (χ1) is 6.64. The summed E-state index contributed by atoms with van der Waals surface area (Å²) in [7, 11) is 1.77. The molecule has 3 nitrogen and oxygen atoms in total. The molecule has 2 aliphatic rings. The summed E-state index contributed by atoms with van der Waals surface area (Å²) in [5.41, 5.74) is 0.0389. The SMILES string of the molecule is COC1(C)CN([C@H]2CCCC[C@@H]2O)C1. The Kier molecular flexibility index (Phi) is 2.82. The topological polar surface area (TPSA) is 32.7 Å². The van der Waals surface area contributed by atoms with Crippen molar-refractivity contribution in [1.82, 2.24) is 4.90 Å². The van der Waals surface area contributed by atoms with E-state index in [-0.39, 0.29) is 11.7 Å². The highest BCUT2D eigenvalue weighted by Gasteiger charge is 2.44. The van der Waals surface area contributed by atoms with Gasteiger partial charge in [0.1, 0.15) is 0 Å². The van der Waals surface area contributed by atoms with Crippen LogP contribution in [0, 0.1) is 0 Å². The summed E-state index contributed by atoms with van der Waals surface area (Å²) in [6.45, 7) is 4.09. The standard InChI is InChI=1S/C11H21NO2/c1-11(14-2)7-12(8-11)9-5-3-4-6-10(9)13/h9-10,13H,3-8H2,1-2H3/t9-,10-/m0/s1. The van der Waals surface area contributed by atoms with Gasteiger partial charge < -0.3 is 9.84 Å². The molecule has 1 saturated carbocycles. The lowest BCUT2D eigenvalue weighted by molar-refractivity contribution is -0.146. The smallest absolute Gasteiger partial charge is 0.0903 e. The normalized spacial score (nSPS) is 37.9. The number of hydrogen-bond donors (Lipinski definition) is 1. The molecule has 0 aromatic rings. The molecule has 1 aliphatic heterocycles. The van der Waals surface area contributed by atoms with Crippen LogP contribution in [0.25, 0.3) is 0 Å². The van der Waals surface area contributed by atoms with Gasteiger partial charge in [0.25, 0.3) is 0 Å². The quantitative estimate of drug-likeness (QED) is 0.720. The van der Waals surface area contributed by atoms with Gasteiger partial charge in [-0.1, -0.05) is 12.8 Å². The average Bonchev–Trinajstić information content (AvgIpc) is 2.14. The lowest BCUT2D eigenvalue weighted by Gasteiger charge is -2.52. The Balaban J connectivity index is 1.86. The molecule has 0 unspecified atom stereocenters. The summed E-state index contributed by atoms with van der Waals surface area (Å²) in [4.78, 5) is 2.37. The van der Waals surface area contributed by atoms with Gasteiger partial charge in [-0.15, -0.1) is 0 Å². The van der Waals surface area contributed by atoms with Crippen molar-refractivity contribution in [1.29, 1.82) is 0 Å². The number of rotatable bonds is 2. The molecule has 1 aliphatic carbocycles. The molecular weight excluding hydrogens is 178 g/mol. The third kappa shape index (κ3) is 1.81. The first kappa shape index (κ1) is 10.4. The van der Waals surface area contributed by atoms with E-state index in [9.17, 15) is 5.11 Å². The van der Waals surface area contributed by atoms with E-state index in [1.807, 2.05) is 0 Å². The maximum atomic E-state index is 9.86. The van der Waals surface area contributed by atoms with Crippen LogP contribution in [0.2, 0.25) is 0 Å². The lowest BCUT2D eigenvalue weighted by atomic mass is 9.86. The van der Waals surface area contributed by atoms with Crippen molar-refractivity contribution in [2.24, 2.45) is 0 Å². The van der Waals surface area contributed by atoms with E-state index in [2.05, 4.69) is 11.8 Å². The van der Waals surface area contributed by atoms with Gasteiger partial charge in [0.15, 0.2) is 0 Å². The van der Waals surface area contributed by atoms with Gasteiger partial charge in [-0.3, -0.25) is 4.90 Å². The fourth-order valence-electron chi connectivity index (χ4n) is 2.69. The Morgan fingerprint density at radius 1 is 1.29 bits per heavy atom. The Bertz CT molecular complexity index is 201. The summed E-state index contributed by atoms with van der Waals surface area (Å²) in [6.07, 6.45) is 4.48. The van der Waals surface area contributed by atoms with Crippen molar-refractivity contribution < 1.29 is 9.84 Å². The predicted molar refractivity (Wildman–Crippen MR) is 55.2 cm³/mol. The number of hydrogen-bond acceptors (Lipinski definition) is 3. The fraction of sp³-hybridized carbons (Fsp3) is 1.00. The minimum atomic E-state index is -0.106. The highest BCUT2D eigenvalue weighted by atomic mass is 16.5. The molecule has 1 N–H and O–H groups in total. The van der Waals surface area contributed by atoms with E-state index >= 15 is 0 Å². The number of aliphatic hydroxyl groups is 1. The van der Waals surface area contributed by atoms with Crippen LogP contribution in [0.3, 0.4) is 0 Å². The third-order valence-corrected chi connectivity index (χ3v) is 3.73. The van der Waals surface area contributed by atoms with E-state index in [0.29, 0.717) is 6.04 Å². The van der Waals surface area contributed by atoms with Gasteiger partial charge in [0, 0.05) is 26.2 Å². The molecule has 2 rings (SSSR count). The van der Waals surface area contributed by atoms with Crippen LogP contribution in [-0.2, 0) is 4.74 Å². The molecule has 0 spiro atoms. The van der Waals surface area contributed by atoms with Crippen LogP contribution in [0.15, 0.2) is 0 Å². The van der Waals surface area contributed by atoms with Crippen LogP contribution in [0.1, 0.15) is 32.6 Å². The molecule has 2 fully saturated rings. The summed E-state index contributed by atoms with van der Waals surface area (Å²) < 4.78 is 5.41. The van der Waals surface area contributed by atoms with Crippen molar-refractivity contribution in [2.45, 2.75) is 50.4 Å². The molecule has 0 amide bonds. The van der Waals surface area contributed by atoms with Crippen LogP contribution in [0.4, 0.5) is 0 Å². The van der Waals surface area contributed by atoms with E-state index < -0.39 is 0 Å². The van der Waals surface area contributed by atoms with E-state index in [1.165, 1.54) is 12.8 Å². The van der Waals surface area contributed by atoms with Gasteiger partial charge >= 0.3 is 0 Å². The fourth-order valence-corrected chi connectivity index (χ4v) is 2.69. The molecule has 0 aromatic heterocycles. The Labute approximate surface area is 86.0 Å². The highest BCUT2D eigenvalue weighted by molar-refractivity contribution is 4.98. The number of methoxy groups -OCH3 is 1. The van der Waals surface area contributed by atoms with Crippen LogP contribution >= 0.6 is 0 Å². The average molecular weight is 199 g/mol.